The molecule has 1 aliphatic carbocycles. The van der Waals surface area contributed by atoms with Gasteiger partial charge in [-0.05, 0) is 36.7 Å². The van der Waals surface area contributed by atoms with Gasteiger partial charge in [-0.15, -0.1) is 0 Å². The summed E-state index contributed by atoms with van der Waals surface area (Å²) < 4.78 is 0. The zero-order valence-electron chi connectivity index (χ0n) is 10.2. The number of rotatable bonds is 6. The highest BCUT2D eigenvalue weighted by atomic mass is 16.1. The second kappa shape index (κ2) is 6.05. The van der Waals surface area contributed by atoms with Crippen LogP contribution in [0.25, 0.3) is 20.9 Å². The molecular formula is C10H14N6O2. The summed E-state index contributed by atoms with van der Waals surface area (Å²) in [5, 5.41) is 6.92. The van der Waals surface area contributed by atoms with Crippen molar-refractivity contribution in [2.75, 3.05) is 13.1 Å². The zero-order valence-corrected chi connectivity index (χ0v) is 10.2. The Morgan fingerprint density at radius 1 is 0.944 bits per heavy atom. The first-order chi connectivity index (χ1) is 8.54. The van der Waals surface area contributed by atoms with Crippen molar-refractivity contribution in [3.05, 3.63) is 20.9 Å². The van der Waals surface area contributed by atoms with Gasteiger partial charge in [-0.1, -0.05) is 10.2 Å². The molecule has 0 saturated heterocycles. The van der Waals surface area contributed by atoms with Crippen molar-refractivity contribution in [1.29, 1.82) is 0 Å². The minimum absolute atomic E-state index is 0.0921. The second-order valence-electron chi connectivity index (χ2n) is 4.43. The molecule has 1 aliphatic rings. The molecule has 4 atom stereocenters. The quantitative estimate of drug-likeness (QED) is 0.406. The summed E-state index contributed by atoms with van der Waals surface area (Å²) in [5.74, 6) is -1.45. The van der Waals surface area contributed by atoms with E-state index < -0.39 is 11.8 Å². The van der Waals surface area contributed by atoms with Crippen molar-refractivity contribution in [2.24, 2.45) is 33.9 Å². The van der Waals surface area contributed by atoms with Gasteiger partial charge in [0.05, 0.1) is 0 Å². The predicted octanol–water partition coefficient (Wildman–Crippen LogP) is 2.26. The number of ketones is 2. The van der Waals surface area contributed by atoms with Gasteiger partial charge >= 0.3 is 0 Å². The van der Waals surface area contributed by atoms with Gasteiger partial charge in [0.15, 0.2) is 0 Å². The summed E-state index contributed by atoms with van der Waals surface area (Å²) in [4.78, 5) is 28.4. The van der Waals surface area contributed by atoms with Crippen LogP contribution in [0.1, 0.15) is 13.8 Å². The molecule has 8 heteroatoms. The number of Topliss-reactive ketones (excluding diaryl/α,β-unsaturated/α-hetero) is 2. The largest absolute Gasteiger partial charge is 0.300 e. The Hall–Kier alpha value is -2.04. The first-order valence-corrected chi connectivity index (χ1v) is 5.57. The van der Waals surface area contributed by atoms with Gasteiger partial charge in [-0.3, -0.25) is 9.59 Å². The van der Waals surface area contributed by atoms with Gasteiger partial charge in [0.1, 0.15) is 11.6 Å². The first kappa shape index (κ1) is 14.0. The number of azide groups is 2. The van der Waals surface area contributed by atoms with Crippen LogP contribution in [0.5, 0.6) is 0 Å². The third-order valence-corrected chi connectivity index (χ3v) is 3.51. The third-order valence-electron chi connectivity index (χ3n) is 3.51. The Morgan fingerprint density at radius 3 is 1.50 bits per heavy atom. The third kappa shape index (κ3) is 2.61. The van der Waals surface area contributed by atoms with Crippen LogP contribution in [0, 0.1) is 23.7 Å². The molecule has 0 aliphatic heterocycles. The van der Waals surface area contributed by atoms with E-state index in [4.69, 9.17) is 11.1 Å². The number of hydrogen-bond acceptors (Lipinski definition) is 4. The molecule has 0 bridgehead atoms. The molecule has 1 saturated carbocycles. The standard InChI is InChI=1S/C10H14N6O2/c1-5(17)9-7(3-13-15-11)8(4-14-16-12)10(9)6(2)18/h7-10H,3-4H2,1-2H3/t7-,8-,9+,10+/m1/s1. The molecule has 0 heterocycles. The highest BCUT2D eigenvalue weighted by molar-refractivity contribution is 5.90. The van der Waals surface area contributed by atoms with Crippen LogP contribution in [0.4, 0.5) is 0 Å². The molecule has 0 radical (unpaired) electrons. The highest BCUT2D eigenvalue weighted by Gasteiger charge is 2.53. The monoisotopic (exact) mass is 250 g/mol. The van der Waals surface area contributed by atoms with Crippen LogP contribution in [-0.4, -0.2) is 24.7 Å². The van der Waals surface area contributed by atoms with E-state index in [-0.39, 0.29) is 36.5 Å². The predicted molar refractivity (Wildman–Crippen MR) is 63.3 cm³/mol. The van der Waals surface area contributed by atoms with Crippen molar-refractivity contribution in [3.63, 3.8) is 0 Å². The minimum Gasteiger partial charge on any atom is -0.300 e. The molecule has 8 nitrogen and oxygen atoms in total. The fraction of sp³-hybridized carbons (Fsp3) is 0.800. The smallest absolute Gasteiger partial charge is 0.133 e. The lowest BCUT2D eigenvalue weighted by atomic mass is 9.54. The van der Waals surface area contributed by atoms with E-state index in [0.29, 0.717) is 0 Å². The van der Waals surface area contributed by atoms with E-state index in [9.17, 15) is 9.59 Å². The molecule has 0 unspecified atom stereocenters. The van der Waals surface area contributed by atoms with E-state index in [0.717, 1.165) is 0 Å². The van der Waals surface area contributed by atoms with Gasteiger partial charge < -0.3 is 0 Å². The topological polar surface area (TPSA) is 132 Å². The molecular weight excluding hydrogens is 236 g/mol. The lowest BCUT2D eigenvalue weighted by Gasteiger charge is -2.49. The number of nitrogens with zero attached hydrogens (tertiary/aromatic N) is 6. The fourth-order valence-corrected chi connectivity index (χ4v) is 2.79. The zero-order chi connectivity index (χ0) is 13.7. The Morgan fingerprint density at radius 2 is 1.28 bits per heavy atom. The Labute approximate surface area is 104 Å². The Kier molecular flexibility index (Phi) is 4.71. The highest BCUT2D eigenvalue weighted by Crippen LogP contribution is 2.47. The molecule has 1 fully saturated rings. The van der Waals surface area contributed by atoms with Crippen LogP contribution in [0.2, 0.25) is 0 Å². The average molecular weight is 250 g/mol. The number of carbonyl (C=O) groups is 2. The van der Waals surface area contributed by atoms with Crippen molar-refractivity contribution in [1.82, 2.24) is 0 Å². The van der Waals surface area contributed by atoms with E-state index in [1.54, 1.807) is 0 Å². The SMILES string of the molecule is CC(=O)[C@H]1[C@H](CN=[N+]=[N-])[C@@H](CN=[N+]=[N-])[C@@H]1C(C)=O. The summed E-state index contributed by atoms with van der Waals surface area (Å²) in [6.07, 6.45) is 0. The summed E-state index contributed by atoms with van der Waals surface area (Å²) in [6, 6.07) is 0. The molecule has 0 aromatic carbocycles. The maximum absolute atomic E-state index is 11.5. The van der Waals surface area contributed by atoms with Crippen LogP contribution < -0.4 is 0 Å². The maximum atomic E-state index is 11.5. The molecule has 0 spiro atoms. The van der Waals surface area contributed by atoms with Gasteiger partial charge in [0.2, 0.25) is 0 Å². The van der Waals surface area contributed by atoms with Crippen LogP contribution in [0.3, 0.4) is 0 Å². The fourth-order valence-electron chi connectivity index (χ4n) is 2.79. The van der Waals surface area contributed by atoms with E-state index in [2.05, 4.69) is 20.1 Å². The van der Waals surface area contributed by atoms with Crippen molar-refractivity contribution in [2.45, 2.75) is 13.8 Å². The van der Waals surface area contributed by atoms with Crippen LogP contribution in [0.15, 0.2) is 10.2 Å². The lowest BCUT2D eigenvalue weighted by Crippen LogP contribution is -2.55. The van der Waals surface area contributed by atoms with Crippen LogP contribution >= 0.6 is 0 Å². The molecule has 0 amide bonds. The lowest BCUT2D eigenvalue weighted by molar-refractivity contribution is -0.147. The molecule has 0 aromatic rings. The van der Waals surface area contributed by atoms with E-state index in [1.807, 2.05) is 0 Å². The normalized spacial score (nSPS) is 29.4. The van der Waals surface area contributed by atoms with Gasteiger partial charge in [0, 0.05) is 34.7 Å². The van der Waals surface area contributed by atoms with E-state index >= 15 is 0 Å². The summed E-state index contributed by atoms with van der Waals surface area (Å²) in [7, 11) is 0. The number of hydrogen-bond donors (Lipinski definition) is 0. The number of carbonyl (C=O) groups excluding carboxylic acids is 2. The maximum Gasteiger partial charge on any atom is 0.133 e. The molecule has 18 heavy (non-hydrogen) atoms. The molecule has 0 aromatic heterocycles. The van der Waals surface area contributed by atoms with E-state index in [1.165, 1.54) is 13.8 Å². The molecule has 1 rings (SSSR count). The Bertz CT molecular complexity index is 407. The van der Waals surface area contributed by atoms with Crippen molar-refractivity contribution in [3.8, 4) is 0 Å². The van der Waals surface area contributed by atoms with Gasteiger partial charge in [-0.2, -0.15) is 0 Å². The second-order valence-corrected chi connectivity index (χ2v) is 4.43. The van der Waals surface area contributed by atoms with Gasteiger partial charge in [-0.25, -0.2) is 0 Å². The van der Waals surface area contributed by atoms with Crippen molar-refractivity contribution >= 4 is 11.6 Å². The van der Waals surface area contributed by atoms with Crippen LogP contribution in [-0.2, 0) is 9.59 Å². The van der Waals surface area contributed by atoms with Crippen molar-refractivity contribution < 1.29 is 9.59 Å². The molecule has 96 valence electrons. The average Bonchev–Trinajstić information content (AvgIpc) is 2.26. The minimum atomic E-state index is -0.424. The van der Waals surface area contributed by atoms with Gasteiger partial charge in [0.25, 0.3) is 0 Å². The summed E-state index contributed by atoms with van der Waals surface area (Å²) in [5.41, 5.74) is 16.6. The summed E-state index contributed by atoms with van der Waals surface area (Å²) in [6.45, 7) is 3.15. The Balaban J connectivity index is 2.93. The summed E-state index contributed by atoms with van der Waals surface area (Å²) >= 11 is 0. The molecule has 0 N–H and O–H groups in total. The first-order valence-electron chi connectivity index (χ1n) is 5.57.